The molecular weight excluding hydrogens is 109 g/mol. The number of amides is 1. The van der Waals surface area contributed by atoms with Gasteiger partial charge >= 0.3 is 16.5 Å². The van der Waals surface area contributed by atoms with Crippen molar-refractivity contribution < 1.29 is 9.90 Å². The highest BCUT2D eigenvalue weighted by Crippen LogP contribution is 1.73. The SMILES string of the molecule is CC(O)C(=O)[NH][AlH2]. The molecule has 1 unspecified atom stereocenters. The zero-order valence-corrected chi connectivity index (χ0v) is 6.43. The normalized spacial score (nSPS) is 12.9. The van der Waals surface area contributed by atoms with Gasteiger partial charge in [-0.3, -0.25) is 4.79 Å². The Morgan fingerprint density at radius 1 is 2.00 bits per heavy atom. The van der Waals surface area contributed by atoms with Crippen LogP contribution in [0.25, 0.3) is 0 Å². The summed E-state index contributed by atoms with van der Waals surface area (Å²) in [6.45, 7) is 1.44. The molecule has 0 aromatic carbocycles. The largest absolute Gasteiger partial charge is 0.450 e. The number of rotatable bonds is 1. The van der Waals surface area contributed by atoms with E-state index < -0.39 is 6.10 Å². The van der Waals surface area contributed by atoms with Gasteiger partial charge in [-0.1, -0.05) is 0 Å². The molecule has 0 saturated carbocycles. The Morgan fingerprint density at radius 2 is 2.43 bits per heavy atom. The standard InChI is InChI=1S/C3H7NO2.Al.2H/c1-2(5)3(4)6;;;/h2,5H,1H3,(H2,4,6);;;/q;+1;;/p-1. The first-order valence-corrected chi connectivity index (χ1v) is 3.08. The van der Waals surface area contributed by atoms with E-state index in [9.17, 15) is 4.79 Å². The molecule has 0 aliphatic carbocycles. The van der Waals surface area contributed by atoms with Gasteiger partial charge < -0.3 is 9.41 Å². The van der Waals surface area contributed by atoms with Crippen molar-refractivity contribution in [3.8, 4) is 0 Å². The molecule has 4 heteroatoms. The minimum atomic E-state index is -0.850. The van der Waals surface area contributed by atoms with Crippen LogP contribution >= 0.6 is 0 Å². The molecule has 2 N–H and O–H groups in total. The fourth-order valence-corrected chi connectivity index (χ4v) is 0.627. The van der Waals surface area contributed by atoms with E-state index in [-0.39, 0.29) is 5.91 Å². The fraction of sp³-hybridized carbons (Fsp3) is 0.667. The summed E-state index contributed by atoms with van der Waals surface area (Å²) in [5.74, 6) is -0.285. The molecule has 3 nitrogen and oxygen atoms in total. The molecule has 0 aliphatic heterocycles. The highest BCUT2D eigenvalue weighted by Gasteiger charge is 2.01. The molecule has 0 aromatic rings. The molecule has 0 aliphatic rings. The van der Waals surface area contributed by atoms with Crippen LogP contribution in [0.3, 0.4) is 0 Å². The lowest BCUT2D eigenvalue weighted by Gasteiger charge is -1.99. The molecule has 0 fully saturated rings. The summed E-state index contributed by atoms with van der Waals surface area (Å²) in [5, 5.41) is 8.43. The van der Waals surface area contributed by atoms with Crippen LogP contribution in [0.5, 0.6) is 0 Å². The van der Waals surface area contributed by atoms with Crippen molar-refractivity contribution in [2.24, 2.45) is 0 Å². The average molecular weight is 117 g/mol. The summed E-state index contributed by atoms with van der Waals surface area (Å²) < 4.78 is 2.41. The molecule has 7 heavy (non-hydrogen) atoms. The lowest BCUT2D eigenvalue weighted by Crippen LogP contribution is -2.30. The third kappa shape index (κ3) is 2.63. The fourth-order valence-electron chi connectivity index (χ4n) is 0.209. The minimum Gasteiger partial charge on any atom is -0.450 e. The van der Waals surface area contributed by atoms with Crippen molar-refractivity contribution in [1.82, 2.24) is 4.30 Å². The molecule has 1 atom stereocenters. The Morgan fingerprint density at radius 3 is 2.43 bits per heavy atom. The number of nitrogens with one attached hydrogen (secondary N) is 1. The van der Waals surface area contributed by atoms with Gasteiger partial charge in [0, 0.05) is 0 Å². The highest BCUT2D eigenvalue weighted by atomic mass is 27.1. The van der Waals surface area contributed by atoms with Crippen LogP contribution in [-0.4, -0.2) is 33.6 Å². The Bertz CT molecular complexity index is 73.3. The number of aliphatic hydroxyl groups is 1. The summed E-state index contributed by atoms with van der Waals surface area (Å²) >= 11 is 0.611. The van der Waals surface area contributed by atoms with E-state index in [4.69, 9.17) is 5.11 Å². The second-order valence-corrected chi connectivity index (χ2v) is 1.79. The van der Waals surface area contributed by atoms with Crippen molar-refractivity contribution in [2.75, 3.05) is 0 Å². The first kappa shape index (κ1) is 6.96. The summed E-state index contributed by atoms with van der Waals surface area (Å²) in [7, 11) is 0. The van der Waals surface area contributed by atoms with E-state index >= 15 is 0 Å². The van der Waals surface area contributed by atoms with Gasteiger partial charge in [0.25, 0.3) is 0 Å². The van der Waals surface area contributed by atoms with Crippen molar-refractivity contribution in [3.05, 3.63) is 0 Å². The van der Waals surface area contributed by atoms with Gasteiger partial charge in [0.2, 0.25) is 5.91 Å². The summed E-state index contributed by atoms with van der Waals surface area (Å²) in [6.07, 6.45) is -0.850. The zero-order chi connectivity index (χ0) is 5.86. The van der Waals surface area contributed by atoms with Crippen molar-refractivity contribution in [2.45, 2.75) is 13.0 Å². The van der Waals surface area contributed by atoms with E-state index in [1.807, 2.05) is 0 Å². The molecule has 1 amide bonds. The Hall–Kier alpha value is -0.0375. The topological polar surface area (TPSA) is 49.3 Å². The van der Waals surface area contributed by atoms with Crippen LogP contribution in [-0.2, 0) is 4.79 Å². The molecule has 0 heterocycles. The molecule has 40 valence electrons. The van der Waals surface area contributed by atoms with Crippen LogP contribution in [0.1, 0.15) is 6.92 Å². The van der Waals surface area contributed by atoms with Crippen molar-refractivity contribution >= 4 is 22.4 Å². The molecular formula is C3H8AlNO2. The molecule has 0 aromatic heterocycles. The Labute approximate surface area is 50.4 Å². The monoisotopic (exact) mass is 117 g/mol. The molecule has 0 rings (SSSR count). The van der Waals surface area contributed by atoms with Crippen molar-refractivity contribution in [3.63, 3.8) is 0 Å². The first-order chi connectivity index (χ1) is 3.18. The van der Waals surface area contributed by atoms with E-state index in [0.717, 1.165) is 0 Å². The summed E-state index contributed by atoms with van der Waals surface area (Å²) in [5.41, 5.74) is 0. The number of hydrogen-bond donors (Lipinski definition) is 2. The van der Waals surface area contributed by atoms with E-state index in [1.54, 1.807) is 0 Å². The second-order valence-electron chi connectivity index (χ2n) is 1.29. The number of carbonyl (C=O) groups is 1. The maximum Gasteiger partial charge on any atom is 0.364 e. The predicted octanol–water partition coefficient (Wildman–Crippen LogP) is -1.97. The second kappa shape index (κ2) is 3.03. The van der Waals surface area contributed by atoms with Gasteiger partial charge in [-0.2, -0.15) is 0 Å². The third-order valence-electron chi connectivity index (χ3n) is 0.626. The van der Waals surface area contributed by atoms with Gasteiger partial charge in [0.05, 0.1) is 0 Å². The zero-order valence-electron chi connectivity index (χ0n) is 4.43. The lowest BCUT2D eigenvalue weighted by molar-refractivity contribution is -0.126. The first-order valence-electron chi connectivity index (χ1n) is 2.08. The van der Waals surface area contributed by atoms with Crippen LogP contribution in [0.2, 0.25) is 0 Å². The van der Waals surface area contributed by atoms with Crippen LogP contribution in [0, 0.1) is 0 Å². The maximum absolute atomic E-state index is 10.2. The van der Waals surface area contributed by atoms with Crippen LogP contribution in [0.4, 0.5) is 0 Å². The molecule has 0 saturated heterocycles. The molecule has 0 radical (unpaired) electrons. The average Bonchev–Trinajstić information content (AvgIpc) is 1.65. The van der Waals surface area contributed by atoms with Crippen LogP contribution in [0.15, 0.2) is 0 Å². The quantitative estimate of drug-likeness (QED) is 0.391. The van der Waals surface area contributed by atoms with Crippen molar-refractivity contribution in [1.29, 1.82) is 0 Å². The number of carbonyl (C=O) groups excluding carboxylic acids is 1. The minimum absolute atomic E-state index is 0.285. The Kier molecular flexibility index (Phi) is 3.01. The smallest absolute Gasteiger partial charge is 0.364 e. The van der Waals surface area contributed by atoms with E-state index in [0.29, 0.717) is 16.5 Å². The summed E-state index contributed by atoms with van der Waals surface area (Å²) in [4.78, 5) is 10.2. The summed E-state index contributed by atoms with van der Waals surface area (Å²) in [6, 6.07) is 0. The van der Waals surface area contributed by atoms with Gasteiger partial charge in [-0.25, -0.2) is 0 Å². The molecule has 0 bridgehead atoms. The highest BCUT2D eigenvalue weighted by molar-refractivity contribution is 6.14. The number of hydrogen-bond acceptors (Lipinski definition) is 2. The lowest BCUT2D eigenvalue weighted by atomic mass is 10.4. The van der Waals surface area contributed by atoms with Gasteiger partial charge in [-0.05, 0) is 6.92 Å². The Balaban J connectivity index is 3.35. The van der Waals surface area contributed by atoms with Gasteiger partial charge in [0.15, 0.2) is 0 Å². The van der Waals surface area contributed by atoms with Crippen LogP contribution < -0.4 is 4.30 Å². The van der Waals surface area contributed by atoms with Gasteiger partial charge in [0.1, 0.15) is 6.10 Å². The maximum atomic E-state index is 10.2. The van der Waals surface area contributed by atoms with E-state index in [1.165, 1.54) is 6.92 Å². The number of aliphatic hydroxyl groups excluding tert-OH is 1. The third-order valence-corrected chi connectivity index (χ3v) is 1.12. The molecule has 0 spiro atoms. The predicted molar refractivity (Wildman–Crippen MR) is 28.4 cm³/mol. The van der Waals surface area contributed by atoms with Gasteiger partial charge in [-0.15, -0.1) is 0 Å². The van der Waals surface area contributed by atoms with E-state index in [2.05, 4.69) is 4.30 Å².